The van der Waals surface area contributed by atoms with E-state index in [0.717, 1.165) is 22.3 Å². The van der Waals surface area contributed by atoms with Crippen molar-refractivity contribution in [3.8, 4) is 11.1 Å². The van der Waals surface area contributed by atoms with Crippen molar-refractivity contribution in [2.75, 3.05) is 5.73 Å². The molecule has 3 nitrogen and oxygen atoms in total. The molecule has 0 bridgehead atoms. The van der Waals surface area contributed by atoms with Crippen LogP contribution in [0.5, 0.6) is 0 Å². The Morgan fingerprint density at radius 3 is 2.74 bits per heavy atom. The monoisotopic (exact) mass is 271 g/mol. The van der Waals surface area contributed by atoms with Crippen LogP contribution in [-0.2, 0) is 0 Å². The van der Waals surface area contributed by atoms with Crippen LogP contribution in [0.4, 0.5) is 5.82 Å². The summed E-state index contributed by atoms with van der Waals surface area (Å²) in [7, 11) is 0. The first kappa shape index (κ1) is 12.1. The number of hydrogen-bond donors (Lipinski definition) is 2. The van der Waals surface area contributed by atoms with Gasteiger partial charge in [0.1, 0.15) is 5.82 Å². The van der Waals surface area contributed by atoms with Crippen LogP contribution < -0.4 is 5.73 Å². The maximum absolute atomic E-state index is 6.21. The minimum atomic E-state index is 0.472. The second kappa shape index (κ2) is 4.28. The third-order valence-electron chi connectivity index (χ3n) is 3.27. The van der Waals surface area contributed by atoms with Gasteiger partial charge in [-0.1, -0.05) is 17.7 Å². The van der Waals surface area contributed by atoms with E-state index in [2.05, 4.69) is 42.0 Å². The molecule has 0 unspecified atom stereocenters. The van der Waals surface area contributed by atoms with Gasteiger partial charge in [0.25, 0.3) is 0 Å². The molecule has 2 aromatic heterocycles. The maximum atomic E-state index is 6.21. The van der Waals surface area contributed by atoms with E-state index in [-0.39, 0.29) is 0 Å². The molecule has 19 heavy (non-hydrogen) atoms. The van der Waals surface area contributed by atoms with Gasteiger partial charge < -0.3 is 10.7 Å². The van der Waals surface area contributed by atoms with E-state index in [1.54, 1.807) is 12.3 Å². The van der Waals surface area contributed by atoms with Gasteiger partial charge in [0.2, 0.25) is 0 Å². The average Bonchev–Trinajstić information content (AvgIpc) is 2.73. The molecule has 96 valence electrons. The second-order valence-corrected chi connectivity index (χ2v) is 5.20. The lowest BCUT2D eigenvalue weighted by molar-refractivity contribution is 1.30. The number of aromatic amines is 1. The van der Waals surface area contributed by atoms with Crippen LogP contribution >= 0.6 is 11.6 Å². The van der Waals surface area contributed by atoms with Gasteiger partial charge in [-0.25, -0.2) is 4.98 Å². The molecule has 0 spiro atoms. The van der Waals surface area contributed by atoms with Gasteiger partial charge >= 0.3 is 0 Å². The van der Waals surface area contributed by atoms with Crippen LogP contribution in [0.25, 0.3) is 22.0 Å². The normalized spacial score (nSPS) is 11.1. The molecule has 3 rings (SSSR count). The average molecular weight is 272 g/mol. The molecule has 3 aromatic rings. The highest BCUT2D eigenvalue weighted by atomic mass is 35.5. The number of aromatic nitrogens is 2. The zero-order chi connectivity index (χ0) is 13.6. The Balaban J connectivity index is 2.27. The van der Waals surface area contributed by atoms with Gasteiger partial charge in [-0.15, -0.1) is 0 Å². The first-order valence-corrected chi connectivity index (χ1v) is 6.44. The number of nitrogens with zero attached hydrogens (tertiary/aromatic N) is 1. The van der Waals surface area contributed by atoms with Crippen LogP contribution in [0.2, 0.25) is 5.02 Å². The number of benzene rings is 1. The number of pyridine rings is 1. The molecule has 1 aromatic carbocycles. The number of rotatable bonds is 1. The van der Waals surface area contributed by atoms with Crippen molar-refractivity contribution < 1.29 is 0 Å². The molecule has 2 heterocycles. The number of fused-ring (bicyclic) bond motifs is 1. The summed E-state index contributed by atoms with van der Waals surface area (Å²) in [5.41, 5.74) is 11.2. The van der Waals surface area contributed by atoms with Gasteiger partial charge in [-0.3, -0.25) is 0 Å². The van der Waals surface area contributed by atoms with Gasteiger partial charge in [-0.2, -0.15) is 0 Å². The SMILES string of the molecule is Cc1cc2c(C)cc(-c3cc(N)ncc3Cl)cc2[nH]1. The smallest absolute Gasteiger partial charge is 0.124 e. The van der Waals surface area contributed by atoms with E-state index in [1.165, 1.54) is 10.9 Å². The van der Waals surface area contributed by atoms with Crippen LogP contribution in [0, 0.1) is 13.8 Å². The quantitative estimate of drug-likeness (QED) is 0.701. The minimum absolute atomic E-state index is 0.472. The van der Waals surface area contributed by atoms with E-state index < -0.39 is 0 Å². The number of H-pyrrole nitrogens is 1. The molecule has 0 atom stereocenters. The Kier molecular flexibility index (Phi) is 2.72. The summed E-state index contributed by atoms with van der Waals surface area (Å²) in [5.74, 6) is 0.472. The lowest BCUT2D eigenvalue weighted by Crippen LogP contribution is -1.91. The number of halogens is 1. The largest absolute Gasteiger partial charge is 0.384 e. The molecular weight excluding hydrogens is 258 g/mol. The topological polar surface area (TPSA) is 54.7 Å². The van der Waals surface area contributed by atoms with Crippen molar-refractivity contribution in [2.45, 2.75) is 13.8 Å². The fourth-order valence-electron chi connectivity index (χ4n) is 2.39. The molecule has 0 aliphatic heterocycles. The highest BCUT2D eigenvalue weighted by molar-refractivity contribution is 6.33. The molecule has 4 heteroatoms. The van der Waals surface area contributed by atoms with Gasteiger partial charge in [-0.05, 0) is 43.2 Å². The number of hydrogen-bond acceptors (Lipinski definition) is 2. The Bertz CT molecular complexity index is 774. The Morgan fingerprint density at radius 1 is 1.16 bits per heavy atom. The maximum Gasteiger partial charge on any atom is 0.124 e. The summed E-state index contributed by atoms with van der Waals surface area (Å²) in [6.45, 7) is 4.15. The predicted octanol–water partition coefficient (Wildman–Crippen LogP) is 4.08. The molecule has 0 aliphatic rings. The van der Waals surface area contributed by atoms with Crippen molar-refractivity contribution in [3.63, 3.8) is 0 Å². The summed E-state index contributed by atoms with van der Waals surface area (Å²) in [5, 5.41) is 1.84. The van der Waals surface area contributed by atoms with E-state index in [9.17, 15) is 0 Å². The van der Waals surface area contributed by atoms with E-state index in [1.807, 2.05) is 0 Å². The number of anilines is 1. The van der Waals surface area contributed by atoms with E-state index in [4.69, 9.17) is 17.3 Å². The first-order chi connectivity index (χ1) is 9.04. The summed E-state index contributed by atoms with van der Waals surface area (Å²) in [6.07, 6.45) is 1.59. The second-order valence-electron chi connectivity index (χ2n) is 4.80. The Morgan fingerprint density at radius 2 is 1.95 bits per heavy atom. The summed E-state index contributed by atoms with van der Waals surface area (Å²) in [4.78, 5) is 7.35. The van der Waals surface area contributed by atoms with Crippen molar-refractivity contribution in [2.24, 2.45) is 0 Å². The number of nitrogen functional groups attached to an aromatic ring is 1. The third kappa shape index (κ3) is 2.06. The highest BCUT2D eigenvalue weighted by Crippen LogP contribution is 2.32. The van der Waals surface area contributed by atoms with E-state index >= 15 is 0 Å². The van der Waals surface area contributed by atoms with Gasteiger partial charge in [0.05, 0.1) is 5.02 Å². The number of nitrogens with two attached hydrogens (primary N) is 1. The molecule has 0 amide bonds. The summed E-state index contributed by atoms with van der Waals surface area (Å²) < 4.78 is 0. The number of nitrogens with one attached hydrogen (secondary N) is 1. The van der Waals surface area contributed by atoms with E-state index in [0.29, 0.717) is 10.8 Å². The van der Waals surface area contributed by atoms with Crippen LogP contribution in [-0.4, -0.2) is 9.97 Å². The summed E-state index contributed by atoms with van der Waals surface area (Å²) >= 11 is 6.21. The zero-order valence-corrected chi connectivity index (χ0v) is 11.5. The lowest BCUT2D eigenvalue weighted by atomic mass is 10.0. The van der Waals surface area contributed by atoms with Gasteiger partial charge in [0, 0.05) is 28.4 Å². The Hall–Kier alpha value is -2.00. The predicted molar refractivity (Wildman–Crippen MR) is 80.4 cm³/mol. The van der Waals surface area contributed by atoms with Crippen molar-refractivity contribution in [3.05, 3.63) is 46.7 Å². The minimum Gasteiger partial charge on any atom is -0.384 e. The fourth-order valence-corrected chi connectivity index (χ4v) is 2.60. The van der Waals surface area contributed by atoms with Crippen molar-refractivity contribution >= 4 is 28.3 Å². The highest BCUT2D eigenvalue weighted by Gasteiger charge is 2.09. The van der Waals surface area contributed by atoms with Gasteiger partial charge in [0.15, 0.2) is 0 Å². The fraction of sp³-hybridized carbons (Fsp3) is 0.133. The molecule has 0 saturated carbocycles. The van der Waals surface area contributed by atoms with Crippen LogP contribution in [0.3, 0.4) is 0 Å². The molecule has 0 aliphatic carbocycles. The van der Waals surface area contributed by atoms with Crippen LogP contribution in [0.15, 0.2) is 30.5 Å². The standard InChI is InChI=1S/C15H14ClN3/c1-8-3-10(5-14-11(8)4-9(2)19-14)12-6-15(17)18-7-13(12)16/h3-7,19H,1-2H3,(H2,17,18). The third-order valence-corrected chi connectivity index (χ3v) is 3.57. The zero-order valence-electron chi connectivity index (χ0n) is 10.8. The molecule has 3 N–H and O–H groups in total. The molecule has 0 radical (unpaired) electrons. The first-order valence-electron chi connectivity index (χ1n) is 6.06. The van der Waals surface area contributed by atoms with Crippen molar-refractivity contribution in [1.29, 1.82) is 0 Å². The molecule has 0 saturated heterocycles. The van der Waals surface area contributed by atoms with Crippen molar-refractivity contribution in [1.82, 2.24) is 9.97 Å². The molecule has 0 fully saturated rings. The van der Waals surface area contributed by atoms with Crippen LogP contribution in [0.1, 0.15) is 11.3 Å². The Labute approximate surface area is 116 Å². The summed E-state index contributed by atoms with van der Waals surface area (Å²) in [6, 6.07) is 8.17. The number of aryl methyl sites for hydroxylation is 2. The lowest BCUT2D eigenvalue weighted by Gasteiger charge is -2.07. The molecular formula is C15H14ClN3.